The van der Waals surface area contributed by atoms with Crippen LogP contribution in [0, 0.1) is 0 Å². The lowest BCUT2D eigenvalue weighted by Gasteiger charge is -2.26. The van der Waals surface area contributed by atoms with Crippen LogP contribution in [-0.4, -0.2) is 87.3 Å². The first-order chi connectivity index (χ1) is 15.6. The number of aliphatic hydroxyl groups is 1. The van der Waals surface area contributed by atoms with Crippen molar-refractivity contribution >= 4 is 0 Å². The maximum Gasteiger partial charge on any atom is 0.161 e. The summed E-state index contributed by atoms with van der Waals surface area (Å²) in [6.45, 7) is 8.99. The molecule has 32 heavy (non-hydrogen) atoms. The summed E-state index contributed by atoms with van der Waals surface area (Å²) in [4.78, 5) is 4.42. The van der Waals surface area contributed by atoms with E-state index in [0.29, 0.717) is 26.3 Å². The molecular weight excluding hydrogens is 408 g/mol. The average Bonchev–Trinajstić information content (AvgIpc) is 2.80. The quantitative estimate of drug-likeness (QED) is 0.510. The molecule has 1 N–H and O–H groups in total. The van der Waals surface area contributed by atoms with Gasteiger partial charge in [0.05, 0.1) is 19.8 Å². The lowest BCUT2D eigenvalue weighted by Crippen LogP contribution is -2.38. The second kappa shape index (κ2) is 13.3. The van der Waals surface area contributed by atoms with Crippen LogP contribution in [0.2, 0.25) is 0 Å². The van der Waals surface area contributed by atoms with Gasteiger partial charge in [-0.15, -0.1) is 0 Å². The maximum absolute atomic E-state index is 10.3. The number of hydrogen-bond donors (Lipinski definition) is 1. The van der Waals surface area contributed by atoms with Crippen LogP contribution in [0.25, 0.3) is 0 Å². The third-order valence-electron chi connectivity index (χ3n) is 5.24. The molecule has 1 atom stereocenters. The van der Waals surface area contributed by atoms with Crippen LogP contribution in [-0.2, 0) is 11.3 Å². The molecule has 3 rings (SSSR count). The van der Waals surface area contributed by atoms with Crippen molar-refractivity contribution in [3.63, 3.8) is 0 Å². The normalized spacial score (nSPS) is 15.5. The summed E-state index contributed by atoms with van der Waals surface area (Å²) < 4.78 is 22.9. The van der Waals surface area contributed by atoms with E-state index < -0.39 is 6.10 Å². The molecular formula is C25H36N2O5. The predicted octanol–water partition coefficient (Wildman–Crippen LogP) is 2.67. The second-order valence-corrected chi connectivity index (χ2v) is 7.99. The molecule has 7 heteroatoms. The molecule has 1 fully saturated rings. The Hall–Kier alpha value is -2.32. The van der Waals surface area contributed by atoms with Crippen LogP contribution >= 0.6 is 0 Å². The van der Waals surface area contributed by atoms with Gasteiger partial charge < -0.3 is 24.1 Å². The number of para-hydroxylation sites is 1. The van der Waals surface area contributed by atoms with Gasteiger partial charge in [0.1, 0.15) is 25.1 Å². The highest BCUT2D eigenvalue weighted by atomic mass is 16.5. The molecule has 1 aliphatic rings. The summed E-state index contributed by atoms with van der Waals surface area (Å²) in [6.07, 6.45) is -0.575. The summed E-state index contributed by atoms with van der Waals surface area (Å²) in [7, 11) is 1.98. The second-order valence-electron chi connectivity index (χ2n) is 7.99. The molecule has 1 heterocycles. The molecule has 2 aromatic rings. The Bertz CT molecular complexity index is 783. The van der Waals surface area contributed by atoms with Crippen molar-refractivity contribution in [1.29, 1.82) is 0 Å². The predicted molar refractivity (Wildman–Crippen MR) is 125 cm³/mol. The first-order valence-electron chi connectivity index (χ1n) is 11.4. The van der Waals surface area contributed by atoms with Gasteiger partial charge in [0.25, 0.3) is 0 Å². The Morgan fingerprint density at radius 1 is 1.03 bits per heavy atom. The number of aliphatic hydroxyl groups excluding tert-OH is 1. The van der Waals surface area contributed by atoms with Crippen molar-refractivity contribution in [2.24, 2.45) is 0 Å². The zero-order valence-electron chi connectivity index (χ0n) is 19.2. The summed E-state index contributed by atoms with van der Waals surface area (Å²) in [5.74, 6) is 2.29. The molecule has 0 radical (unpaired) electrons. The largest absolute Gasteiger partial charge is 0.491 e. The molecule has 1 saturated heterocycles. The lowest BCUT2D eigenvalue weighted by molar-refractivity contribution is 0.0320. The van der Waals surface area contributed by atoms with Crippen LogP contribution in [0.15, 0.2) is 48.5 Å². The number of benzene rings is 2. The number of ether oxygens (including phenoxy) is 4. The Labute approximate surface area is 191 Å². The fourth-order valence-electron chi connectivity index (χ4n) is 3.65. The molecule has 0 aromatic heterocycles. The molecule has 0 bridgehead atoms. The highest BCUT2D eigenvalue weighted by Gasteiger charge is 2.14. The van der Waals surface area contributed by atoms with Gasteiger partial charge in [-0.1, -0.05) is 24.3 Å². The first-order valence-corrected chi connectivity index (χ1v) is 11.4. The zero-order valence-corrected chi connectivity index (χ0v) is 19.2. The summed E-state index contributed by atoms with van der Waals surface area (Å²) in [5.41, 5.74) is 1.10. The monoisotopic (exact) mass is 444 g/mol. The molecule has 1 aliphatic heterocycles. The van der Waals surface area contributed by atoms with Crippen LogP contribution < -0.4 is 14.2 Å². The molecule has 7 nitrogen and oxygen atoms in total. The van der Waals surface area contributed by atoms with E-state index in [2.05, 4.69) is 15.9 Å². The number of nitrogens with zero attached hydrogens (tertiary/aromatic N) is 2. The van der Waals surface area contributed by atoms with Gasteiger partial charge >= 0.3 is 0 Å². The van der Waals surface area contributed by atoms with Crippen LogP contribution in [0.1, 0.15) is 12.5 Å². The number of hydrogen-bond acceptors (Lipinski definition) is 7. The minimum absolute atomic E-state index is 0.258. The van der Waals surface area contributed by atoms with Gasteiger partial charge in [-0.05, 0) is 43.8 Å². The van der Waals surface area contributed by atoms with Gasteiger partial charge in [0.15, 0.2) is 11.5 Å². The van der Waals surface area contributed by atoms with Crippen molar-refractivity contribution in [3.05, 3.63) is 54.1 Å². The smallest absolute Gasteiger partial charge is 0.161 e. The summed E-state index contributed by atoms with van der Waals surface area (Å²) >= 11 is 0. The minimum atomic E-state index is -0.575. The Kier molecular flexibility index (Phi) is 10.1. The number of morpholine rings is 1. The molecule has 0 amide bonds. The van der Waals surface area contributed by atoms with E-state index in [1.54, 1.807) is 0 Å². The SMILES string of the molecule is CCOc1cc(CN(C)C[C@H](O)COc2ccccc2)ccc1OCCN1CCOCC1. The zero-order chi connectivity index (χ0) is 22.6. The fraction of sp³-hybridized carbons (Fsp3) is 0.520. The van der Waals surface area contributed by atoms with Crippen molar-refractivity contribution in [2.45, 2.75) is 19.6 Å². The lowest BCUT2D eigenvalue weighted by atomic mass is 10.2. The van der Waals surface area contributed by atoms with Crippen molar-refractivity contribution < 1.29 is 24.1 Å². The molecule has 2 aromatic carbocycles. The molecule has 0 unspecified atom stereocenters. The van der Waals surface area contributed by atoms with E-state index in [1.165, 1.54) is 0 Å². The molecule has 0 aliphatic carbocycles. The van der Waals surface area contributed by atoms with E-state index >= 15 is 0 Å². The van der Waals surface area contributed by atoms with E-state index in [-0.39, 0.29) is 6.61 Å². The molecule has 176 valence electrons. The first kappa shape index (κ1) is 24.3. The Morgan fingerprint density at radius 3 is 2.56 bits per heavy atom. The fourth-order valence-corrected chi connectivity index (χ4v) is 3.65. The minimum Gasteiger partial charge on any atom is -0.491 e. The molecule has 0 saturated carbocycles. The summed E-state index contributed by atoms with van der Waals surface area (Å²) in [5, 5.41) is 10.3. The van der Waals surface area contributed by atoms with Crippen LogP contribution in [0.4, 0.5) is 0 Å². The van der Waals surface area contributed by atoms with Gasteiger partial charge in [-0.3, -0.25) is 9.80 Å². The van der Waals surface area contributed by atoms with Crippen molar-refractivity contribution in [2.75, 3.05) is 66.3 Å². The van der Waals surface area contributed by atoms with Gasteiger partial charge in [-0.25, -0.2) is 0 Å². The topological polar surface area (TPSA) is 63.6 Å². The van der Waals surface area contributed by atoms with E-state index in [0.717, 1.165) is 55.7 Å². The third-order valence-corrected chi connectivity index (χ3v) is 5.24. The van der Waals surface area contributed by atoms with Crippen LogP contribution in [0.5, 0.6) is 17.2 Å². The average molecular weight is 445 g/mol. The standard InChI is InChI=1S/C25H36N2O5/c1-3-30-25-17-21(9-10-24(25)31-16-13-27-11-14-29-15-12-27)18-26(2)19-22(28)20-32-23-7-5-4-6-8-23/h4-10,17,22,28H,3,11-16,18-20H2,1-2H3/t22-/m0/s1. The van der Waals surface area contributed by atoms with E-state index in [9.17, 15) is 5.11 Å². The maximum atomic E-state index is 10.3. The highest BCUT2D eigenvalue weighted by molar-refractivity contribution is 5.43. The van der Waals surface area contributed by atoms with Gasteiger partial charge in [0, 0.05) is 32.7 Å². The van der Waals surface area contributed by atoms with Gasteiger partial charge in [0.2, 0.25) is 0 Å². The third kappa shape index (κ3) is 8.31. The molecule has 0 spiro atoms. The van der Waals surface area contributed by atoms with Crippen LogP contribution in [0.3, 0.4) is 0 Å². The summed E-state index contributed by atoms with van der Waals surface area (Å²) in [6, 6.07) is 15.6. The van der Waals surface area contributed by atoms with Gasteiger partial charge in [-0.2, -0.15) is 0 Å². The highest BCUT2D eigenvalue weighted by Crippen LogP contribution is 2.29. The van der Waals surface area contributed by atoms with E-state index in [1.807, 2.05) is 56.4 Å². The van der Waals surface area contributed by atoms with E-state index in [4.69, 9.17) is 18.9 Å². The number of rotatable bonds is 13. The van der Waals surface area contributed by atoms with Crippen molar-refractivity contribution in [1.82, 2.24) is 9.80 Å². The Morgan fingerprint density at radius 2 is 1.81 bits per heavy atom. The van der Waals surface area contributed by atoms with Crippen molar-refractivity contribution in [3.8, 4) is 17.2 Å². The number of likely N-dealkylation sites (N-methyl/N-ethyl adjacent to an activating group) is 1. The Balaban J connectivity index is 1.46.